The summed E-state index contributed by atoms with van der Waals surface area (Å²) < 4.78 is 55.9. The lowest BCUT2D eigenvalue weighted by Crippen LogP contribution is -2.47. The van der Waals surface area contributed by atoms with Gasteiger partial charge in [-0.05, 0) is 72.0 Å². The Balaban J connectivity index is 1.41. The fourth-order valence-corrected chi connectivity index (χ4v) is 5.99. The first-order chi connectivity index (χ1) is 19.3. The van der Waals surface area contributed by atoms with Gasteiger partial charge in [-0.15, -0.1) is 0 Å². The Labute approximate surface area is 238 Å². The van der Waals surface area contributed by atoms with E-state index >= 15 is 0 Å². The molecule has 1 atom stereocenters. The van der Waals surface area contributed by atoms with Crippen molar-refractivity contribution in [2.45, 2.75) is 36.8 Å². The molecule has 0 saturated carbocycles. The van der Waals surface area contributed by atoms with Gasteiger partial charge in [0.15, 0.2) is 0 Å². The van der Waals surface area contributed by atoms with Crippen molar-refractivity contribution in [1.82, 2.24) is 9.62 Å². The van der Waals surface area contributed by atoms with Gasteiger partial charge in [0.2, 0.25) is 10.0 Å². The monoisotopic (exact) mass is 582 g/mol. The van der Waals surface area contributed by atoms with Gasteiger partial charge < -0.3 is 15.5 Å². The molecule has 0 fully saturated rings. The van der Waals surface area contributed by atoms with Gasteiger partial charge in [0.05, 0.1) is 11.0 Å². The number of likely N-dealkylation sites (N-methyl/N-ethyl adjacent to an activating group) is 1. The molecule has 3 N–H and O–H groups in total. The first-order valence-corrected chi connectivity index (χ1v) is 14.4. The highest BCUT2D eigenvalue weighted by Gasteiger charge is 2.26. The molecule has 4 aromatic carbocycles. The van der Waals surface area contributed by atoms with Crippen LogP contribution < -0.4 is 5.32 Å². The van der Waals surface area contributed by atoms with Crippen LogP contribution in [0.25, 0.3) is 21.9 Å². The second-order valence-electron chi connectivity index (χ2n) is 10.7. The fraction of sp³-hybridized carbons (Fsp3) is 0.258. The number of aliphatic hydroxyl groups is 1. The number of rotatable bonds is 11. The van der Waals surface area contributed by atoms with Crippen LogP contribution in [0.2, 0.25) is 0 Å². The Morgan fingerprint density at radius 1 is 0.927 bits per heavy atom. The molecule has 0 radical (unpaired) electrons. The molecule has 4 rings (SSSR count). The average molecular weight is 583 g/mol. The van der Waals surface area contributed by atoms with E-state index in [4.69, 9.17) is 5.11 Å². The summed E-state index contributed by atoms with van der Waals surface area (Å²) in [7, 11) is -2.73. The molecule has 0 saturated heterocycles. The number of fused-ring (bicyclic) bond motifs is 1. The number of nitrogens with one attached hydrogen (secondary N) is 1. The Bertz CT molecular complexity index is 1670. The summed E-state index contributed by atoms with van der Waals surface area (Å²) in [4.78, 5) is 10.9. The van der Waals surface area contributed by atoms with Crippen molar-refractivity contribution in [2.24, 2.45) is 0 Å². The summed E-state index contributed by atoms with van der Waals surface area (Å²) in [5.41, 5.74) is -0.155. The van der Waals surface area contributed by atoms with Crippen LogP contribution in [0.1, 0.15) is 29.8 Å². The molecule has 0 spiro atoms. The summed E-state index contributed by atoms with van der Waals surface area (Å²) >= 11 is 0. The first-order valence-electron chi connectivity index (χ1n) is 13.0. The minimum absolute atomic E-state index is 0.0115. The highest BCUT2D eigenvalue weighted by Crippen LogP contribution is 2.27. The maximum Gasteiger partial charge on any atom is 0.341 e. The number of carboxylic acids is 1. The van der Waals surface area contributed by atoms with Crippen LogP contribution in [0.5, 0.6) is 0 Å². The first kappa shape index (κ1) is 30.3. The van der Waals surface area contributed by atoms with Crippen molar-refractivity contribution in [1.29, 1.82) is 0 Å². The van der Waals surface area contributed by atoms with Crippen LogP contribution in [0, 0.1) is 11.6 Å². The number of carboxylic acid groups (broad SMARTS) is 1. The molecule has 41 heavy (non-hydrogen) atoms. The van der Waals surface area contributed by atoms with Crippen molar-refractivity contribution < 1.29 is 32.2 Å². The zero-order valence-electron chi connectivity index (χ0n) is 22.9. The van der Waals surface area contributed by atoms with E-state index in [1.54, 1.807) is 0 Å². The molecule has 0 heterocycles. The molecule has 0 aliphatic rings. The minimum Gasteiger partial charge on any atom is -0.477 e. The lowest BCUT2D eigenvalue weighted by atomic mass is 9.93. The number of halogens is 2. The van der Waals surface area contributed by atoms with E-state index in [2.05, 4.69) is 35.6 Å². The van der Waals surface area contributed by atoms with Crippen LogP contribution in [-0.4, -0.2) is 60.7 Å². The van der Waals surface area contributed by atoms with Crippen LogP contribution in [-0.2, 0) is 16.4 Å². The smallest absolute Gasteiger partial charge is 0.341 e. The van der Waals surface area contributed by atoms with Gasteiger partial charge in [0, 0.05) is 25.7 Å². The average Bonchev–Trinajstić information content (AvgIpc) is 2.91. The number of β-amino-alcohol motifs (C(OH)–C–C–N with tert-alkyl or cyclic N) is 1. The zero-order valence-corrected chi connectivity index (χ0v) is 23.8. The highest BCUT2D eigenvalue weighted by atomic mass is 32.2. The lowest BCUT2D eigenvalue weighted by molar-refractivity contribution is 0.0686. The predicted octanol–water partition coefficient (Wildman–Crippen LogP) is 5.08. The van der Waals surface area contributed by atoms with Crippen LogP contribution in [0.15, 0.2) is 83.8 Å². The van der Waals surface area contributed by atoms with Gasteiger partial charge in [0.25, 0.3) is 0 Å². The summed E-state index contributed by atoms with van der Waals surface area (Å²) in [5.74, 6) is -4.27. The van der Waals surface area contributed by atoms with Gasteiger partial charge in [-0.2, -0.15) is 4.31 Å². The predicted molar refractivity (Wildman–Crippen MR) is 154 cm³/mol. The summed E-state index contributed by atoms with van der Waals surface area (Å²) in [6.07, 6.45) is -0.319. The molecule has 0 aliphatic heterocycles. The molecule has 216 valence electrons. The summed E-state index contributed by atoms with van der Waals surface area (Å²) in [5, 5.41) is 25.3. The minimum atomic E-state index is -4.07. The Morgan fingerprint density at radius 2 is 1.59 bits per heavy atom. The molecule has 4 aromatic rings. The topological polar surface area (TPSA) is 107 Å². The quantitative estimate of drug-likeness (QED) is 0.228. The third-order valence-electron chi connectivity index (χ3n) is 6.88. The Hall–Kier alpha value is -3.70. The molecule has 0 amide bonds. The molecule has 1 unspecified atom stereocenters. The molecule has 7 nitrogen and oxygen atoms in total. The second-order valence-corrected chi connectivity index (χ2v) is 12.8. The van der Waals surface area contributed by atoms with Gasteiger partial charge in [-0.3, -0.25) is 0 Å². The Morgan fingerprint density at radius 3 is 2.24 bits per heavy atom. The fourth-order valence-electron chi connectivity index (χ4n) is 4.74. The maximum absolute atomic E-state index is 14.2. The van der Waals surface area contributed by atoms with Gasteiger partial charge in [-0.25, -0.2) is 22.0 Å². The normalized spacial score (nSPS) is 13.0. The second kappa shape index (κ2) is 12.0. The van der Waals surface area contributed by atoms with E-state index in [1.807, 2.05) is 26.0 Å². The van der Waals surface area contributed by atoms with Crippen molar-refractivity contribution in [3.05, 3.63) is 102 Å². The number of carbonyl (C=O) groups is 1. The maximum atomic E-state index is 14.2. The SMILES string of the molecule is CN(CC(O)CNC(C)(C)Cc1ccc2ccccc2c1)S(=O)(=O)c1cccc(-c2cc(F)c(C(=O)O)c(F)c2)c1. The number of hydrogen-bond donors (Lipinski definition) is 3. The van der Waals surface area contributed by atoms with Crippen LogP contribution >= 0.6 is 0 Å². The highest BCUT2D eigenvalue weighted by molar-refractivity contribution is 7.89. The van der Waals surface area contributed by atoms with E-state index < -0.39 is 39.3 Å². The van der Waals surface area contributed by atoms with E-state index in [0.717, 1.165) is 32.8 Å². The van der Waals surface area contributed by atoms with Crippen molar-refractivity contribution >= 4 is 26.8 Å². The molecule has 0 bridgehead atoms. The molecular weight excluding hydrogens is 550 g/mol. The third kappa shape index (κ3) is 7.15. The molecular formula is C31H32F2N2O5S. The van der Waals surface area contributed by atoms with E-state index in [-0.39, 0.29) is 34.7 Å². The van der Waals surface area contributed by atoms with E-state index in [1.165, 1.54) is 31.3 Å². The molecule has 10 heteroatoms. The number of aliphatic hydroxyl groups excluding tert-OH is 1. The number of benzene rings is 4. The standard InChI is InChI=1S/C31H32F2N2O5S/c1-31(2,17-20-11-12-21-7-4-5-8-22(21)13-20)34-18-25(36)19-35(3)41(39,40)26-10-6-9-23(14-26)24-15-27(32)29(30(37)38)28(33)16-24/h4-16,25,34,36H,17-19H2,1-3H3,(H,37,38). The molecule has 0 aromatic heterocycles. The van der Waals surface area contributed by atoms with Crippen LogP contribution in [0.4, 0.5) is 8.78 Å². The number of hydrogen-bond acceptors (Lipinski definition) is 5. The van der Waals surface area contributed by atoms with Gasteiger partial charge in [0.1, 0.15) is 17.2 Å². The summed E-state index contributed by atoms with van der Waals surface area (Å²) in [6.45, 7) is 3.97. The van der Waals surface area contributed by atoms with E-state index in [9.17, 15) is 27.1 Å². The van der Waals surface area contributed by atoms with Gasteiger partial charge in [-0.1, -0.05) is 54.6 Å². The zero-order chi connectivity index (χ0) is 29.9. The van der Waals surface area contributed by atoms with Gasteiger partial charge >= 0.3 is 5.97 Å². The lowest BCUT2D eigenvalue weighted by Gasteiger charge is -2.29. The number of nitrogens with zero attached hydrogens (tertiary/aromatic N) is 1. The number of aromatic carboxylic acids is 1. The largest absolute Gasteiger partial charge is 0.477 e. The molecule has 0 aliphatic carbocycles. The Kier molecular flexibility index (Phi) is 8.89. The van der Waals surface area contributed by atoms with E-state index in [0.29, 0.717) is 6.42 Å². The van der Waals surface area contributed by atoms with Crippen LogP contribution in [0.3, 0.4) is 0 Å². The van der Waals surface area contributed by atoms with Crippen molar-refractivity contribution in [3.8, 4) is 11.1 Å². The summed E-state index contributed by atoms with van der Waals surface area (Å²) in [6, 6.07) is 21.5. The van der Waals surface area contributed by atoms with Crippen molar-refractivity contribution in [3.63, 3.8) is 0 Å². The van der Waals surface area contributed by atoms with Crippen molar-refractivity contribution in [2.75, 3.05) is 20.1 Å². The number of sulfonamides is 1. The third-order valence-corrected chi connectivity index (χ3v) is 8.69.